The van der Waals surface area contributed by atoms with Crippen molar-refractivity contribution in [2.75, 3.05) is 0 Å². The van der Waals surface area contributed by atoms with Crippen LogP contribution in [0.25, 0.3) is 11.0 Å². The van der Waals surface area contributed by atoms with Crippen molar-refractivity contribution in [2.24, 2.45) is 7.05 Å². The third-order valence-corrected chi connectivity index (χ3v) is 3.26. The van der Waals surface area contributed by atoms with Gasteiger partial charge in [0.2, 0.25) is 0 Å². The summed E-state index contributed by atoms with van der Waals surface area (Å²) in [6.07, 6.45) is 4.91. The molecule has 17 heavy (non-hydrogen) atoms. The van der Waals surface area contributed by atoms with Crippen molar-refractivity contribution in [1.29, 1.82) is 0 Å². The number of nitrogens with zero attached hydrogens (tertiary/aromatic N) is 6. The van der Waals surface area contributed by atoms with Crippen molar-refractivity contribution >= 4 is 22.8 Å². The highest BCUT2D eigenvalue weighted by atomic mass is 32.2. The summed E-state index contributed by atoms with van der Waals surface area (Å²) in [6.45, 7) is 0. The molecule has 0 aliphatic heterocycles. The largest absolute Gasteiger partial charge is 0.311 e. The van der Waals surface area contributed by atoms with Crippen LogP contribution in [-0.4, -0.2) is 29.7 Å². The highest BCUT2D eigenvalue weighted by Gasteiger charge is 2.09. The van der Waals surface area contributed by atoms with Gasteiger partial charge in [-0.2, -0.15) is 0 Å². The second-order valence-corrected chi connectivity index (χ2v) is 4.33. The van der Waals surface area contributed by atoms with E-state index in [1.807, 2.05) is 23.7 Å². The van der Waals surface area contributed by atoms with Gasteiger partial charge in [0.15, 0.2) is 5.16 Å². The molecule has 7 heteroatoms. The summed E-state index contributed by atoms with van der Waals surface area (Å²) < 4.78 is 1.83. The highest BCUT2D eigenvalue weighted by Crippen LogP contribution is 2.27. The Kier molecular flexibility index (Phi) is 2.45. The number of pyridine rings is 1. The minimum atomic E-state index is 0.774. The Morgan fingerprint density at radius 2 is 2.18 bits per heavy atom. The molecule has 0 bridgehead atoms. The fraction of sp³-hybridized carbons (Fsp3) is 0.100. The average molecular weight is 244 g/mol. The van der Waals surface area contributed by atoms with E-state index >= 15 is 0 Å². The normalized spacial score (nSPS) is 10.9. The molecule has 3 aromatic rings. The van der Waals surface area contributed by atoms with Gasteiger partial charge >= 0.3 is 0 Å². The third kappa shape index (κ3) is 1.84. The highest BCUT2D eigenvalue weighted by molar-refractivity contribution is 7.99. The molecule has 6 nitrogen and oxygen atoms in total. The number of hydrogen-bond acceptors (Lipinski definition) is 6. The van der Waals surface area contributed by atoms with Gasteiger partial charge in [0.05, 0.1) is 5.52 Å². The second-order valence-electron chi connectivity index (χ2n) is 3.38. The van der Waals surface area contributed by atoms with Crippen LogP contribution in [-0.2, 0) is 7.05 Å². The first-order chi connectivity index (χ1) is 8.34. The first-order valence-electron chi connectivity index (χ1n) is 4.92. The minimum absolute atomic E-state index is 0.774. The van der Waals surface area contributed by atoms with Gasteiger partial charge in [0.1, 0.15) is 23.2 Å². The van der Waals surface area contributed by atoms with Crippen molar-refractivity contribution in [3.05, 3.63) is 31.0 Å². The van der Waals surface area contributed by atoms with Gasteiger partial charge in [-0.15, -0.1) is 10.2 Å². The molecule has 0 aromatic carbocycles. The van der Waals surface area contributed by atoms with Gasteiger partial charge in [-0.25, -0.2) is 9.97 Å². The Labute approximate surface area is 101 Å². The number of rotatable bonds is 2. The summed E-state index contributed by atoms with van der Waals surface area (Å²) in [5.74, 6) is 0. The maximum atomic E-state index is 4.29. The van der Waals surface area contributed by atoms with Gasteiger partial charge in [0, 0.05) is 13.2 Å². The zero-order valence-corrected chi connectivity index (χ0v) is 9.79. The van der Waals surface area contributed by atoms with Crippen molar-refractivity contribution in [3.8, 4) is 0 Å². The summed E-state index contributed by atoms with van der Waals surface area (Å²) in [7, 11) is 1.89. The van der Waals surface area contributed by atoms with Gasteiger partial charge in [0.25, 0.3) is 0 Å². The molecule has 3 heterocycles. The van der Waals surface area contributed by atoms with Crippen molar-refractivity contribution in [2.45, 2.75) is 10.2 Å². The van der Waals surface area contributed by atoms with Crippen molar-refractivity contribution < 1.29 is 0 Å². The maximum Gasteiger partial charge on any atom is 0.197 e. The van der Waals surface area contributed by atoms with E-state index in [9.17, 15) is 0 Å². The van der Waals surface area contributed by atoms with Crippen LogP contribution in [0.3, 0.4) is 0 Å². The Morgan fingerprint density at radius 3 is 3.00 bits per heavy atom. The van der Waals surface area contributed by atoms with Gasteiger partial charge in [-0.3, -0.25) is 4.98 Å². The van der Waals surface area contributed by atoms with Crippen LogP contribution in [0.15, 0.2) is 41.2 Å². The molecular weight excluding hydrogens is 236 g/mol. The van der Waals surface area contributed by atoms with E-state index in [1.54, 1.807) is 12.5 Å². The molecular formula is C10H8N6S. The van der Waals surface area contributed by atoms with Crippen LogP contribution in [0.2, 0.25) is 0 Å². The molecule has 0 aliphatic carbocycles. The lowest BCUT2D eigenvalue weighted by molar-refractivity contribution is 0.787. The van der Waals surface area contributed by atoms with Gasteiger partial charge < -0.3 is 4.57 Å². The lowest BCUT2D eigenvalue weighted by atomic mass is 10.4. The minimum Gasteiger partial charge on any atom is -0.311 e. The first kappa shape index (κ1) is 10.2. The van der Waals surface area contributed by atoms with Gasteiger partial charge in [-0.05, 0) is 23.9 Å². The average Bonchev–Trinajstić information content (AvgIpc) is 2.76. The standard InChI is InChI=1S/C10H8N6S/c1-16-6-14-15-10(16)17-9-8-7(12-5-13-9)3-2-4-11-8/h2-6H,1H3. The van der Waals surface area contributed by atoms with Crippen LogP contribution in [0.5, 0.6) is 0 Å². The number of aryl methyl sites for hydroxylation is 1. The van der Waals surface area contributed by atoms with E-state index in [-0.39, 0.29) is 0 Å². The predicted molar refractivity (Wildman–Crippen MR) is 62.5 cm³/mol. The number of aromatic nitrogens is 6. The van der Waals surface area contributed by atoms with E-state index in [4.69, 9.17) is 0 Å². The summed E-state index contributed by atoms with van der Waals surface area (Å²) in [5, 5.41) is 9.39. The molecule has 0 radical (unpaired) electrons. The fourth-order valence-electron chi connectivity index (χ4n) is 1.40. The Balaban J connectivity index is 2.09. The SMILES string of the molecule is Cn1cnnc1Sc1ncnc2cccnc12. The van der Waals surface area contributed by atoms with E-state index in [2.05, 4.69) is 25.1 Å². The van der Waals surface area contributed by atoms with E-state index in [1.165, 1.54) is 18.1 Å². The summed E-state index contributed by atoms with van der Waals surface area (Å²) >= 11 is 1.43. The molecule has 3 rings (SSSR count). The van der Waals surface area contributed by atoms with E-state index in [0.29, 0.717) is 0 Å². The smallest absolute Gasteiger partial charge is 0.197 e. The molecule has 0 aliphatic rings. The fourth-order valence-corrected chi connectivity index (χ4v) is 2.20. The zero-order valence-electron chi connectivity index (χ0n) is 8.98. The maximum absolute atomic E-state index is 4.29. The molecule has 84 valence electrons. The third-order valence-electron chi connectivity index (χ3n) is 2.22. The van der Waals surface area contributed by atoms with Crippen molar-refractivity contribution in [1.82, 2.24) is 29.7 Å². The van der Waals surface area contributed by atoms with E-state index < -0.39 is 0 Å². The van der Waals surface area contributed by atoms with Gasteiger partial charge in [-0.1, -0.05) is 0 Å². The summed E-state index contributed by atoms with van der Waals surface area (Å²) in [5.41, 5.74) is 1.61. The second kappa shape index (κ2) is 4.10. The summed E-state index contributed by atoms with van der Waals surface area (Å²) in [6, 6.07) is 3.76. The Hall–Kier alpha value is -2.02. The molecule has 0 saturated heterocycles. The topological polar surface area (TPSA) is 69.4 Å². The molecule has 3 aromatic heterocycles. The summed E-state index contributed by atoms with van der Waals surface area (Å²) in [4.78, 5) is 12.7. The van der Waals surface area contributed by atoms with E-state index in [0.717, 1.165) is 21.2 Å². The molecule has 0 spiro atoms. The number of fused-ring (bicyclic) bond motifs is 1. The van der Waals surface area contributed by atoms with Crippen LogP contribution >= 0.6 is 11.8 Å². The molecule has 0 N–H and O–H groups in total. The number of hydrogen-bond donors (Lipinski definition) is 0. The lowest BCUT2D eigenvalue weighted by Gasteiger charge is -2.02. The Morgan fingerprint density at radius 1 is 1.24 bits per heavy atom. The molecule has 0 atom stereocenters. The monoisotopic (exact) mass is 244 g/mol. The van der Waals surface area contributed by atoms with Crippen molar-refractivity contribution in [3.63, 3.8) is 0 Å². The quantitative estimate of drug-likeness (QED) is 0.633. The molecule has 0 fully saturated rings. The first-order valence-corrected chi connectivity index (χ1v) is 5.74. The molecule has 0 saturated carbocycles. The van der Waals surface area contributed by atoms with Crippen LogP contribution in [0, 0.1) is 0 Å². The van der Waals surface area contributed by atoms with Crippen LogP contribution in [0.4, 0.5) is 0 Å². The van der Waals surface area contributed by atoms with Crippen LogP contribution < -0.4 is 0 Å². The van der Waals surface area contributed by atoms with Crippen LogP contribution in [0.1, 0.15) is 0 Å². The molecule has 0 amide bonds. The predicted octanol–water partition coefficient (Wildman–Crippen LogP) is 1.30. The Bertz CT molecular complexity index is 659. The molecule has 0 unspecified atom stereocenters. The lowest BCUT2D eigenvalue weighted by Crippen LogP contribution is -1.93. The zero-order chi connectivity index (χ0) is 11.7.